The molecule has 0 aliphatic carbocycles. The van der Waals surface area contributed by atoms with Crippen molar-refractivity contribution in [2.24, 2.45) is 5.11 Å². The molecule has 0 saturated carbocycles. The Morgan fingerprint density at radius 2 is 1.72 bits per heavy atom. The summed E-state index contributed by atoms with van der Waals surface area (Å²) in [5, 5.41) is 16.1. The molecule has 1 atom stereocenters. The number of rotatable bonds is 14. The van der Waals surface area contributed by atoms with Crippen LogP contribution in [0.2, 0.25) is 5.02 Å². The number of esters is 1. The molecule has 1 unspecified atom stereocenters. The highest BCUT2D eigenvalue weighted by Crippen LogP contribution is 2.43. The Labute approximate surface area is 273 Å². The quantitative estimate of drug-likeness (QED) is 0.0664. The molecule has 3 aromatic rings. The Hall–Kier alpha value is -5.23. The number of carbonyl (C=O) groups excluding carboxylic acids is 2. The summed E-state index contributed by atoms with van der Waals surface area (Å²) in [5.74, 6) is -1.76. The second-order valence-electron chi connectivity index (χ2n) is 10.5. The van der Waals surface area contributed by atoms with Gasteiger partial charge in [0.15, 0.2) is 0 Å². The number of halogens is 1. The highest BCUT2D eigenvalue weighted by atomic mass is 35.5. The van der Waals surface area contributed by atoms with Gasteiger partial charge in [-0.3, -0.25) is 4.79 Å². The smallest absolute Gasteiger partial charge is 0.336 e. The van der Waals surface area contributed by atoms with Crippen LogP contribution in [0.3, 0.4) is 0 Å². The molecule has 4 rings (SSSR count). The van der Waals surface area contributed by atoms with Gasteiger partial charge >= 0.3 is 5.97 Å². The average molecular weight is 639 g/mol. The van der Waals surface area contributed by atoms with Crippen molar-refractivity contribution in [3.05, 3.63) is 140 Å². The van der Waals surface area contributed by atoms with Crippen LogP contribution in [0.15, 0.2) is 113 Å². The van der Waals surface area contributed by atoms with E-state index in [0.29, 0.717) is 29.2 Å². The minimum absolute atomic E-state index is 0.00208. The van der Waals surface area contributed by atoms with Crippen molar-refractivity contribution in [1.82, 2.24) is 10.2 Å². The molecule has 11 heteroatoms. The highest BCUT2D eigenvalue weighted by Gasteiger charge is 2.41. The zero-order valence-electron chi connectivity index (χ0n) is 25.7. The number of ether oxygens (including phenoxy) is 2. The zero-order chi connectivity index (χ0) is 32.9. The molecule has 0 bridgehead atoms. The first-order chi connectivity index (χ1) is 22.4. The number of azide groups is 1. The van der Waals surface area contributed by atoms with E-state index in [2.05, 4.69) is 39.6 Å². The van der Waals surface area contributed by atoms with Crippen molar-refractivity contribution in [1.29, 1.82) is 5.26 Å². The minimum atomic E-state index is -0.905. The summed E-state index contributed by atoms with van der Waals surface area (Å²) in [6, 6.07) is 29.1. The van der Waals surface area contributed by atoms with Crippen LogP contribution in [0, 0.1) is 11.3 Å². The predicted molar refractivity (Wildman–Crippen MR) is 175 cm³/mol. The summed E-state index contributed by atoms with van der Waals surface area (Å²) in [5.41, 5.74) is 12.5. The van der Waals surface area contributed by atoms with Crippen LogP contribution in [-0.2, 0) is 19.1 Å². The molecule has 0 fully saturated rings. The fraction of sp³-hybridized carbons (Fsp3) is 0.286. The lowest BCUT2D eigenvalue weighted by Crippen LogP contribution is -2.39. The molecule has 1 aliphatic rings. The van der Waals surface area contributed by atoms with Gasteiger partial charge in [0.05, 0.1) is 42.7 Å². The van der Waals surface area contributed by atoms with Gasteiger partial charge in [-0.2, -0.15) is 5.26 Å². The van der Waals surface area contributed by atoms with Gasteiger partial charge < -0.3 is 19.7 Å². The molecule has 0 spiro atoms. The summed E-state index contributed by atoms with van der Waals surface area (Å²) >= 11 is 6.40. The van der Waals surface area contributed by atoms with E-state index in [9.17, 15) is 9.59 Å². The third kappa shape index (κ3) is 8.27. The van der Waals surface area contributed by atoms with Gasteiger partial charge in [-0.1, -0.05) is 89.5 Å². The molecule has 1 aliphatic heterocycles. The van der Waals surface area contributed by atoms with Crippen molar-refractivity contribution in [3.8, 4) is 6.07 Å². The normalized spacial score (nSPS) is 14.4. The molecule has 0 radical (unpaired) electrons. The van der Waals surface area contributed by atoms with Gasteiger partial charge in [-0.25, -0.2) is 4.79 Å². The number of nitriles is 1. The first-order valence-electron chi connectivity index (χ1n) is 14.9. The van der Waals surface area contributed by atoms with Crippen LogP contribution in [0.5, 0.6) is 0 Å². The fourth-order valence-electron chi connectivity index (χ4n) is 5.49. The van der Waals surface area contributed by atoms with E-state index in [-0.39, 0.29) is 49.1 Å². The SMILES string of the molecule is CC1=C(C(=O)OCCC#N)C(c2cccc(Cl)c2)C(C(=O)NCCC(c2ccccc2)c2ccccc2)=C(OCCN=[N+]=[N-])N1C. The van der Waals surface area contributed by atoms with Crippen LogP contribution in [0.25, 0.3) is 10.4 Å². The second kappa shape index (κ2) is 16.7. The summed E-state index contributed by atoms with van der Waals surface area (Å²) in [4.78, 5) is 32.3. The first-order valence-corrected chi connectivity index (χ1v) is 15.2. The van der Waals surface area contributed by atoms with Crippen LogP contribution in [0.4, 0.5) is 0 Å². The molecule has 1 amide bonds. The van der Waals surface area contributed by atoms with E-state index >= 15 is 0 Å². The Kier molecular flexibility index (Phi) is 12.2. The summed E-state index contributed by atoms with van der Waals surface area (Å²) in [6.45, 7) is 1.99. The van der Waals surface area contributed by atoms with Crippen LogP contribution < -0.4 is 5.32 Å². The van der Waals surface area contributed by atoms with E-state index in [1.54, 1.807) is 43.1 Å². The Morgan fingerprint density at radius 1 is 1.04 bits per heavy atom. The number of nitrogens with zero attached hydrogens (tertiary/aromatic N) is 5. The van der Waals surface area contributed by atoms with E-state index in [1.165, 1.54) is 0 Å². The van der Waals surface area contributed by atoms with Crippen molar-refractivity contribution < 1.29 is 19.1 Å². The van der Waals surface area contributed by atoms with Crippen molar-refractivity contribution in [2.75, 3.05) is 33.4 Å². The monoisotopic (exact) mass is 638 g/mol. The minimum Gasteiger partial charge on any atom is -0.478 e. The van der Waals surface area contributed by atoms with E-state index in [4.69, 9.17) is 31.9 Å². The number of allylic oxidation sites excluding steroid dienone is 1. The average Bonchev–Trinajstić information content (AvgIpc) is 3.07. The number of carbonyl (C=O) groups is 2. The molecule has 236 valence electrons. The van der Waals surface area contributed by atoms with Crippen molar-refractivity contribution in [2.45, 2.75) is 31.6 Å². The maximum absolute atomic E-state index is 14.3. The number of amides is 1. The van der Waals surface area contributed by atoms with Gasteiger partial charge in [0, 0.05) is 35.1 Å². The van der Waals surface area contributed by atoms with Crippen LogP contribution in [-0.4, -0.2) is 50.1 Å². The maximum atomic E-state index is 14.3. The van der Waals surface area contributed by atoms with Crippen LogP contribution >= 0.6 is 11.6 Å². The van der Waals surface area contributed by atoms with E-state index in [1.807, 2.05) is 42.5 Å². The molecular formula is C35H35ClN6O4. The van der Waals surface area contributed by atoms with Gasteiger partial charge in [0.2, 0.25) is 5.88 Å². The fourth-order valence-corrected chi connectivity index (χ4v) is 5.69. The summed E-state index contributed by atoms with van der Waals surface area (Å²) in [7, 11) is 1.68. The molecular weight excluding hydrogens is 604 g/mol. The topological polar surface area (TPSA) is 140 Å². The molecule has 0 saturated heterocycles. The molecule has 1 N–H and O–H groups in total. The molecule has 1 heterocycles. The van der Waals surface area contributed by atoms with Gasteiger partial charge in [0.25, 0.3) is 5.91 Å². The lowest BCUT2D eigenvalue weighted by Gasteiger charge is -2.36. The first kappa shape index (κ1) is 33.7. The third-order valence-corrected chi connectivity index (χ3v) is 7.95. The number of hydrogen-bond acceptors (Lipinski definition) is 7. The maximum Gasteiger partial charge on any atom is 0.336 e. The Morgan fingerprint density at radius 3 is 2.33 bits per heavy atom. The highest BCUT2D eigenvalue weighted by molar-refractivity contribution is 6.30. The molecule has 0 aromatic heterocycles. The standard InChI is InChI=1S/C35H35ClN6O4/c1-24-30(35(44)46-21-10-18-37)31(27-15-9-16-28(36)23-27)32(34(42(24)2)45-22-20-40-41-38)33(43)39-19-17-29(25-11-5-3-6-12-25)26-13-7-4-8-14-26/h3-9,11-16,23,29,31H,10,17,19-22H2,1-2H3,(H,39,43). The molecule has 10 nitrogen and oxygen atoms in total. The lowest BCUT2D eigenvalue weighted by atomic mass is 9.80. The van der Waals surface area contributed by atoms with Crippen LogP contribution in [0.1, 0.15) is 48.3 Å². The van der Waals surface area contributed by atoms with E-state index < -0.39 is 17.8 Å². The molecule has 46 heavy (non-hydrogen) atoms. The third-order valence-electron chi connectivity index (χ3n) is 7.71. The number of benzene rings is 3. The summed E-state index contributed by atoms with van der Waals surface area (Å²) in [6.07, 6.45) is 0.631. The van der Waals surface area contributed by atoms with Crippen molar-refractivity contribution in [3.63, 3.8) is 0 Å². The Balaban J connectivity index is 1.73. The number of hydrogen-bond donors (Lipinski definition) is 1. The van der Waals surface area contributed by atoms with Crippen molar-refractivity contribution >= 4 is 23.5 Å². The van der Waals surface area contributed by atoms with Gasteiger partial charge in [-0.05, 0) is 47.7 Å². The van der Waals surface area contributed by atoms with Gasteiger partial charge in [0.1, 0.15) is 6.61 Å². The largest absolute Gasteiger partial charge is 0.478 e. The summed E-state index contributed by atoms with van der Waals surface area (Å²) < 4.78 is 11.6. The zero-order valence-corrected chi connectivity index (χ0v) is 26.5. The van der Waals surface area contributed by atoms with Gasteiger partial charge in [-0.15, -0.1) is 0 Å². The molecule has 3 aromatic carbocycles. The predicted octanol–water partition coefficient (Wildman–Crippen LogP) is 6.98. The lowest BCUT2D eigenvalue weighted by molar-refractivity contribution is -0.139. The van der Waals surface area contributed by atoms with E-state index in [0.717, 1.165) is 11.1 Å². The number of nitrogens with one attached hydrogen (secondary N) is 1. The Bertz CT molecular complexity index is 1640. The second-order valence-corrected chi connectivity index (χ2v) is 11.0.